The number of allylic oxidation sites excluding steroid dienone is 1. The number of aliphatic carboxylic acids is 1. The highest BCUT2D eigenvalue weighted by atomic mass is 35.5. The van der Waals surface area contributed by atoms with Crippen LogP contribution in [-0.2, 0) is 9.59 Å². The molecule has 2 aliphatic rings. The Morgan fingerprint density at radius 1 is 1.10 bits per heavy atom. The van der Waals surface area contributed by atoms with Gasteiger partial charge < -0.3 is 5.11 Å². The third-order valence-electron chi connectivity index (χ3n) is 7.98. The lowest BCUT2D eigenvalue weighted by Gasteiger charge is -2.36. The first-order valence-corrected chi connectivity index (χ1v) is 13.9. The molecule has 1 fully saturated rings. The van der Waals surface area contributed by atoms with Crippen molar-refractivity contribution in [2.24, 2.45) is 28.2 Å². The van der Waals surface area contributed by atoms with Crippen LogP contribution < -0.4 is 0 Å². The van der Waals surface area contributed by atoms with E-state index >= 15 is 0 Å². The fourth-order valence-corrected chi connectivity index (χ4v) is 6.32. The number of alkyl halides is 3. The maximum atomic E-state index is 14.4. The number of hydrogen-bond acceptors (Lipinski definition) is 4. The fraction of sp³-hybridized carbons (Fsp3) is 0.586. The van der Waals surface area contributed by atoms with Crippen molar-refractivity contribution in [1.82, 2.24) is 0 Å². The Morgan fingerprint density at radius 2 is 1.67 bits per heavy atom. The number of Topliss-reactive ketones (excluding diaryl/α,β-unsaturated/α-hetero) is 2. The number of aliphatic imine (C=N–C) groups is 1. The van der Waals surface area contributed by atoms with E-state index in [9.17, 15) is 32.7 Å². The zero-order chi connectivity index (χ0) is 29.3. The first-order valence-electron chi connectivity index (χ1n) is 13.2. The maximum absolute atomic E-state index is 14.4. The quantitative estimate of drug-likeness (QED) is 0.280. The van der Waals surface area contributed by atoms with Gasteiger partial charge in [0.05, 0.1) is 32.6 Å². The molecule has 1 aliphatic carbocycles. The molecule has 0 aromatic heterocycles. The predicted molar refractivity (Wildman–Crippen MR) is 146 cm³/mol. The molecule has 1 N–H and O–H groups in total. The van der Waals surface area contributed by atoms with Crippen LogP contribution in [0.15, 0.2) is 28.3 Å². The van der Waals surface area contributed by atoms with Crippen molar-refractivity contribution in [3.05, 3.63) is 44.5 Å². The number of aryl methyl sites for hydroxylation is 1. The molecule has 1 heterocycles. The van der Waals surface area contributed by atoms with Crippen LogP contribution >= 0.6 is 23.2 Å². The van der Waals surface area contributed by atoms with E-state index in [0.717, 1.165) is 11.8 Å². The lowest BCUT2D eigenvalue weighted by Crippen LogP contribution is -2.37. The maximum Gasteiger partial charge on any atom is 0.415 e. The second-order valence-corrected chi connectivity index (χ2v) is 12.3. The van der Waals surface area contributed by atoms with Gasteiger partial charge in [0.25, 0.3) is 0 Å². The van der Waals surface area contributed by atoms with Gasteiger partial charge in [-0.25, -0.2) is 0 Å². The summed E-state index contributed by atoms with van der Waals surface area (Å²) in [5.41, 5.74) is -1.70. The van der Waals surface area contributed by atoms with Gasteiger partial charge in [0.2, 0.25) is 0 Å². The summed E-state index contributed by atoms with van der Waals surface area (Å²) in [5.74, 6) is -3.62. The molecule has 3 rings (SSSR count). The van der Waals surface area contributed by atoms with Gasteiger partial charge in [0.15, 0.2) is 11.6 Å². The average Bonchev–Trinajstić information content (AvgIpc) is 3.27. The normalized spacial score (nSPS) is 24.4. The molecular weight excluding hydrogens is 554 g/mol. The van der Waals surface area contributed by atoms with Gasteiger partial charge in [-0.1, -0.05) is 43.5 Å². The molecule has 0 bridgehead atoms. The molecule has 214 valence electrons. The summed E-state index contributed by atoms with van der Waals surface area (Å²) in [4.78, 5) is 42.7. The van der Waals surface area contributed by atoms with Crippen molar-refractivity contribution < 1.29 is 32.7 Å². The van der Waals surface area contributed by atoms with E-state index in [1.54, 1.807) is 26.0 Å². The van der Waals surface area contributed by atoms with Gasteiger partial charge in [-0.3, -0.25) is 19.4 Å². The molecule has 0 saturated heterocycles. The second-order valence-electron chi connectivity index (χ2n) is 11.5. The van der Waals surface area contributed by atoms with Crippen LogP contribution in [0.1, 0.15) is 81.6 Å². The van der Waals surface area contributed by atoms with Crippen LogP contribution in [0.5, 0.6) is 0 Å². The molecule has 1 aromatic rings. The van der Waals surface area contributed by atoms with Crippen LogP contribution in [0, 0.1) is 30.1 Å². The monoisotopic (exact) mass is 587 g/mol. The molecular formula is C29H34Cl2F3NO4. The van der Waals surface area contributed by atoms with Gasteiger partial charge >= 0.3 is 12.1 Å². The molecule has 0 amide bonds. The van der Waals surface area contributed by atoms with E-state index in [1.807, 2.05) is 13.8 Å². The first kappa shape index (κ1) is 31.3. The Hall–Kier alpha value is -2.19. The van der Waals surface area contributed by atoms with Gasteiger partial charge in [-0.2, -0.15) is 13.2 Å². The standard InChI is InChI=1S/C29H34Cl2F3NO4/c1-15(2)5-6-18(13-22(36)23-20(30)11-16(3)12-21(23)31)26(37)19-14-35-25(24(19)29(32,33)34)17-7-9-28(4,10-8-17)27(38)39/h11-12,14-15,17-18,25H,5-10,13H2,1-4H3,(H,38,39). The van der Waals surface area contributed by atoms with E-state index in [-0.39, 0.29) is 60.1 Å². The lowest BCUT2D eigenvalue weighted by atomic mass is 9.69. The number of benzene rings is 1. The smallest absolute Gasteiger partial charge is 0.415 e. The molecule has 1 aromatic carbocycles. The van der Waals surface area contributed by atoms with E-state index in [2.05, 4.69) is 4.99 Å². The Bertz CT molecular complexity index is 1170. The van der Waals surface area contributed by atoms with Gasteiger partial charge in [0, 0.05) is 24.1 Å². The number of halogens is 5. The Kier molecular flexibility index (Phi) is 9.75. The number of carbonyl (C=O) groups excluding carboxylic acids is 2. The van der Waals surface area contributed by atoms with E-state index in [0.29, 0.717) is 6.42 Å². The molecule has 2 atom stereocenters. The van der Waals surface area contributed by atoms with Crippen LogP contribution in [0.4, 0.5) is 13.2 Å². The summed E-state index contributed by atoms with van der Waals surface area (Å²) < 4.78 is 43.3. The highest BCUT2D eigenvalue weighted by Gasteiger charge is 2.50. The van der Waals surface area contributed by atoms with Gasteiger partial charge in [-0.15, -0.1) is 0 Å². The second kappa shape index (κ2) is 12.1. The fourth-order valence-electron chi connectivity index (χ4n) is 5.51. The molecule has 0 radical (unpaired) electrons. The van der Waals surface area contributed by atoms with Gasteiger partial charge in [0.1, 0.15) is 0 Å². The molecule has 39 heavy (non-hydrogen) atoms. The van der Waals surface area contributed by atoms with E-state index in [4.69, 9.17) is 23.2 Å². The minimum atomic E-state index is -4.81. The van der Waals surface area contributed by atoms with Crippen molar-refractivity contribution in [3.8, 4) is 0 Å². The third kappa shape index (κ3) is 7.12. The van der Waals surface area contributed by atoms with Crippen molar-refractivity contribution in [2.75, 3.05) is 0 Å². The van der Waals surface area contributed by atoms with E-state index in [1.165, 1.54) is 0 Å². The predicted octanol–water partition coefficient (Wildman–Crippen LogP) is 8.09. The summed E-state index contributed by atoms with van der Waals surface area (Å²) in [6, 6.07) is 1.87. The van der Waals surface area contributed by atoms with Crippen molar-refractivity contribution >= 4 is 47.0 Å². The largest absolute Gasteiger partial charge is 0.481 e. The molecule has 2 unspecified atom stereocenters. The zero-order valence-corrected chi connectivity index (χ0v) is 24.0. The number of nitrogens with zero attached hydrogens (tertiary/aromatic N) is 1. The minimum absolute atomic E-state index is 0.0537. The zero-order valence-electron chi connectivity index (χ0n) is 22.5. The Balaban J connectivity index is 1.93. The highest BCUT2D eigenvalue weighted by molar-refractivity contribution is 6.40. The van der Waals surface area contributed by atoms with Crippen LogP contribution in [-0.4, -0.2) is 41.1 Å². The number of carbonyl (C=O) groups is 3. The summed E-state index contributed by atoms with van der Waals surface area (Å²) >= 11 is 12.5. The summed E-state index contributed by atoms with van der Waals surface area (Å²) in [7, 11) is 0. The van der Waals surface area contributed by atoms with Crippen molar-refractivity contribution in [2.45, 2.75) is 84.9 Å². The molecule has 10 heteroatoms. The van der Waals surface area contributed by atoms with Crippen molar-refractivity contribution in [3.63, 3.8) is 0 Å². The first-order chi connectivity index (χ1) is 18.0. The average molecular weight is 588 g/mol. The van der Waals surface area contributed by atoms with Crippen LogP contribution in [0.25, 0.3) is 0 Å². The lowest BCUT2D eigenvalue weighted by molar-refractivity contribution is -0.150. The molecule has 1 saturated carbocycles. The van der Waals surface area contributed by atoms with Crippen LogP contribution in [0.2, 0.25) is 10.0 Å². The Morgan fingerprint density at radius 3 is 2.15 bits per heavy atom. The SMILES string of the molecule is Cc1cc(Cl)c(C(=O)CC(CCC(C)C)C(=O)C2=C(C(F)(F)F)C(C3CCC(C)(C(=O)O)CC3)N=C2)c(Cl)c1. The highest BCUT2D eigenvalue weighted by Crippen LogP contribution is 2.46. The number of carboxylic acids is 1. The number of ketones is 2. The minimum Gasteiger partial charge on any atom is -0.481 e. The van der Waals surface area contributed by atoms with Gasteiger partial charge in [-0.05, 0) is 75.5 Å². The molecule has 0 spiro atoms. The van der Waals surface area contributed by atoms with Crippen LogP contribution in [0.3, 0.4) is 0 Å². The summed E-state index contributed by atoms with van der Waals surface area (Å²) in [6.07, 6.45) is -2.41. The summed E-state index contributed by atoms with van der Waals surface area (Å²) in [5, 5.41) is 9.75. The third-order valence-corrected chi connectivity index (χ3v) is 8.57. The van der Waals surface area contributed by atoms with Crippen molar-refractivity contribution in [1.29, 1.82) is 0 Å². The number of carboxylic acid groups (broad SMARTS) is 1. The number of hydrogen-bond donors (Lipinski definition) is 1. The topological polar surface area (TPSA) is 83.8 Å². The Labute approximate surface area is 236 Å². The number of rotatable bonds is 10. The van der Waals surface area contributed by atoms with E-state index < -0.39 is 58.2 Å². The molecule has 1 aliphatic heterocycles. The summed E-state index contributed by atoms with van der Waals surface area (Å²) in [6.45, 7) is 7.22. The molecule has 5 nitrogen and oxygen atoms in total.